The molecule has 0 heterocycles. The van der Waals surface area contributed by atoms with Crippen molar-refractivity contribution in [3.05, 3.63) is 29.8 Å². The summed E-state index contributed by atoms with van der Waals surface area (Å²) in [7, 11) is 0. The molecule has 0 saturated carbocycles. The lowest BCUT2D eigenvalue weighted by Crippen LogP contribution is -2.21. The van der Waals surface area contributed by atoms with Gasteiger partial charge in [0.15, 0.2) is 6.61 Å². The lowest BCUT2D eigenvalue weighted by Gasteiger charge is -2.13. The van der Waals surface area contributed by atoms with Crippen LogP contribution in [0.15, 0.2) is 24.3 Å². The van der Waals surface area contributed by atoms with Gasteiger partial charge in [-0.25, -0.2) is 8.78 Å². The topological polar surface area (TPSA) is 35.2 Å². The maximum atomic E-state index is 12.5. The van der Waals surface area contributed by atoms with Gasteiger partial charge in [0, 0.05) is 13.0 Å². The molecule has 1 unspecified atom stereocenters. The van der Waals surface area contributed by atoms with Gasteiger partial charge in [-0.1, -0.05) is 12.1 Å². The molecule has 1 rings (SSSR count). The van der Waals surface area contributed by atoms with Gasteiger partial charge in [0.2, 0.25) is 0 Å². The van der Waals surface area contributed by atoms with Crippen LogP contribution in [0.2, 0.25) is 0 Å². The van der Waals surface area contributed by atoms with Crippen LogP contribution in [0.5, 0.6) is 5.75 Å². The van der Waals surface area contributed by atoms with E-state index in [9.17, 15) is 8.78 Å². The maximum absolute atomic E-state index is 12.5. The van der Waals surface area contributed by atoms with Crippen molar-refractivity contribution in [1.29, 1.82) is 0 Å². The predicted molar refractivity (Wildman–Crippen MR) is 55.2 cm³/mol. The summed E-state index contributed by atoms with van der Waals surface area (Å²) in [5.74, 6) is -2.39. The second kappa shape index (κ2) is 4.57. The number of ether oxygens (including phenoxy) is 1. The molecular weight excluding hydrogens is 200 g/mol. The average molecular weight is 215 g/mol. The Bertz CT molecular complexity index is 321. The molecule has 0 bridgehead atoms. The van der Waals surface area contributed by atoms with E-state index in [1.807, 2.05) is 13.0 Å². The summed E-state index contributed by atoms with van der Waals surface area (Å²) in [5, 5.41) is 0. The summed E-state index contributed by atoms with van der Waals surface area (Å²) in [5.41, 5.74) is 6.53. The van der Waals surface area contributed by atoms with Crippen LogP contribution in [-0.4, -0.2) is 12.5 Å². The first kappa shape index (κ1) is 11.9. The molecule has 0 amide bonds. The van der Waals surface area contributed by atoms with E-state index >= 15 is 0 Å². The Morgan fingerprint density at radius 3 is 2.67 bits per heavy atom. The van der Waals surface area contributed by atoms with Crippen molar-refractivity contribution in [1.82, 2.24) is 0 Å². The van der Waals surface area contributed by atoms with Crippen LogP contribution in [0.3, 0.4) is 0 Å². The molecule has 15 heavy (non-hydrogen) atoms. The van der Waals surface area contributed by atoms with Crippen LogP contribution >= 0.6 is 0 Å². The molecule has 0 saturated heterocycles. The van der Waals surface area contributed by atoms with Crippen molar-refractivity contribution in [2.75, 3.05) is 6.61 Å². The fraction of sp³-hybridized carbons (Fsp3) is 0.455. The lowest BCUT2D eigenvalue weighted by molar-refractivity contribution is -0.0229. The molecule has 0 fully saturated rings. The van der Waals surface area contributed by atoms with Gasteiger partial charge >= 0.3 is 0 Å². The molecule has 0 aliphatic rings. The third-order valence-electron chi connectivity index (χ3n) is 1.88. The molecule has 0 radical (unpaired) electrons. The number of halogens is 2. The Hall–Kier alpha value is -1.16. The number of benzene rings is 1. The molecule has 1 atom stereocenters. The van der Waals surface area contributed by atoms with Crippen molar-refractivity contribution in [2.45, 2.75) is 25.8 Å². The molecule has 4 heteroatoms. The number of hydrogen-bond donors (Lipinski definition) is 1. The van der Waals surface area contributed by atoms with E-state index in [0.717, 1.165) is 12.5 Å². The van der Waals surface area contributed by atoms with Crippen molar-refractivity contribution >= 4 is 0 Å². The highest BCUT2D eigenvalue weighted by atomic mass is 19.3. The van der Waals surface area contributed by atoms with Crippen LogP contribution in [0.4, 0.5) is 8.78 Å². The first-order valence-electron chi connectivity index (χ1n) is 4.75. The van der Waals surface area contributed by atoms with E-state index in [0.29, 0.717) is 5.75 Å². The largest absolute Gasteiger partial charge is 0.487 e. The number of nitrogens with two attached hydrogens (primary N) is 1. The minimum Gasteiger partial charge on any atom is -0.487 e. The highest BCUT2D eigenvalue weighted by Crippen LogP contribution is 2.20. The number of rotatable bonds is 4. The normalized spacial score (nSPS) is 13.7. The van der Waals surface area contributed by atoms with E-state index < -0.39 is 12.5 Å². The Morgan fingerprint density at radius 1 is 1.47 bits per heavy atom. The van der Waals surface area contributed by atoms with Gasteiger partial charge in [0.1, 0.15) is 5.75 Å². The molecule has 0 aromatic heterocycles. The quantitative estimate of drug-likeness (QED) is 0.838. The van der Waals surface area contributed by atoms with Crippen molar-refractivity contribution in [2.24, 2.45) is 5.73 Å². The number of alkyl halides is 2. The smallest absolute Gasteiger partial charge is 0.278 e. The molecule has 2 nitrogen and oxygen atoms in total. The fourth-order valence-electron chi connectivity index (χ4n) is 1.10. The van der Waals surface area contributed by atoms with Gasteiger partial charge in [0.25, 0.3) is 5.92 Å². The summed E-state index contributed by atoms with van der Waals surface area (Å²) in [6.45, 7) is 2.03. The summed E-state index contributed by atoms with van der Waals surface area (Å²) in [6.07, 6.45) is 0. The first-order chi connectivity index (χ1) is 6.88. The zero-order chi connectivity index (χ0) is 11.5. The highest BCUT2D eigenvalue weighted by Gasteiger charge is 2.21. The molecule has 0 aliphatic carbocycles. The Morgan fingerprint density at radius 2 is 2.13 bits per heavy atom. The minimum absolute atomic E-state index is 0.129. The van der Waals surface area contributed by atoms with Crippen LogP contribution in [0.1, 0.15) is 25.5 Å². The second-order valence-electron chi connectivity index (χ2n) is 3.72. The third kappa shape index (κ3) is 4.25. The number of hydrogen-bond acceptors (Lipinski definition) is 2. The van der Waals surface area contributed by atoms with Crippen molar-refractivity contribution in [3.8, 4) is 5.75 Å². The molecule has 0 spiro atoms. The van der Waals surface area contributed by atoms with Gasteiger partial charge in [0.05, 0.1) is 0 Å². The minimum atomic E-state index is -2.82. The lowest BCUT2D eigenvalue weighted by atomic mass is 10.1. The predicted octanol–water partition coefficient (Wildman–Crippen LogP) is 2.74. The molecule has 2 N–H and O–H groups in total. The average Bonchev–Trinajstić information content (AvgIpc) is 2.14. The molecular formula is C11H15F2NO. The van der Waals surface area contributed by atoms with Crippen molar-refractivity contribution in [3.63, 3.8) is 0 Å². The van der Waals surface area contributed by atoms with Gasteiger partial charge in [-0.2, -0.15) is 0 Å². The van der Waals surface area contributed by atoms with Gasteiger partial charge in [-0.05, 0) is 24.6 Å². The van der Waals surface area contributed by atoms with E-state index in [4.69, 9.17) is 10.5 Å². The summed E-state index contributed by atoms with van der Waals surface area (Å²) in [6, 6.07) is 6.76. The Kier molecular flexibility index (Phi) is 3.63. The van der Waals surface area contributed by atoms with E-state index in [2.05, 4.69) is 0 Å². The van der Waals surface area contributed by atoms with Crippen LogP contribution < -0.4 is 10.5 Å². The first-order valence-corrected chi connectivity index (χ1v) is 4.75. The Labute approximate surface area is 88.0 Å². The fourth-order valence-corrected chi connectivity index (χ4v) is 1.10. The maximum Gasteiger partial charge on any atom is 0.278 e. The van der Waals surface area contributed by atoms with Crippen LogP contribution in [0.25, 0.3) is 0 Å². The molecule has 1 aromatic rings. The van der Waals surface area contributed by atoms with E-state index in [1.54, 1.807) is 18.2 Å². The summed E-state index contributed by atoms with van der Waals surface area (Å²) in [4.78, 5) is 0. The monoisotopic (exact) mass is 215 g/mol. The SMILES string of the molecule is CC(N)c1cccc(OCC(C)(F)F)c1. The van der Waals surface area contributed by atoms with Crippen molar-refractivity contribution < 1.29 is 13.5 Å². The summed E-state index contributed by atoms with van der Waals surface area (Å²) < 4.78 is 30.0. The van der Waals surface area contributed by atoms with Crippen LogP contribution in [-0.2, 0) is 0 Å². The molecule has 84 valence electrons. The second-order valence-corrected chi connectivity index (χ2v) is 3.72. The highest BCUT2D eigenvalue weighted by molar-refractivity contribution is 5.30. The third-order valence-corrected chi connectivity index (χ3v) is 1.88. The molecule has 1 aromatic carbocycles. The van der Waals surface area contributed by atoms with E-state index in [-0.39, 0.29) is 6.04 Å². The summed E-state index contributed by atoms with van der Waals surface area (Å²) >= 11 is 0. The van der Waals surface area contributed by atoms with E-state index in [1.165, 1.54) is 0 Å². The van der Waals surface area contributed by atoms with Gasteiger partial charge in [-0.15, -0.1) is 0 Å². The zero-order valence-electron chi connectivity index (χ0n) is 8.84. The van der Waals surface area contributed by atoms with Gasteiger partial charge in [-0.3, -0.25) is 0 Å². The van der Waals surface area contributed by atoms with Gasteiger partial charge < -0.3 is 10.5 Å². The molecule has 0 aliphatic heterocycles. The standard InChI is InChI=1S/C11H15F2NO/c1-8(14)9-4-3-5-10(6-9)15-7-11(2,12)13/h3-6,8H,7,14H2,1-2H3. The zero-order valence-corrected chi connectivity index (χ0v) is 8.84. The Balaban J connectivity index is 2.66. The van der Waals surface area contributed by atoms with Crippen LogP contribution in [0, 0.1) is 0 Å².